The molecule has 0 aromatic carbocycles. The van der Waals surface area contributed by atoms with E-state index in [9.17, 15) is 0 Å². The Morgan fingerprint density at radius 1 is 1.44 bits per heavy atom. The number of likely N-dealkylation sites (N-methyl/N-ethyl adjacent to an activating group) is 1. The van der Waals surface area contributed by atoms with Gasteiger partial charge in [-0.15, -0.1) is 11.3 Å². The normalized spacial score (nSPS) is 12.6. The van der Waals surface area contributed by atoms with Crippen LogP contribution in [-0.4, -0.2) is 16.5 Å². The molecule has 0 saturated carbocycles. The molecule has 0 radical (unpaired) electrons. The van der Waals surface area contributed by atoms with Gasteiger partial charge in [0.05, 0.1) is 5.01 Å². The summed E-state index contributed by atoms with van der Waals surface area (Å²) in [5.74, 6) is 0. The van der Waals surface area contributed by atoms with Gasteiger partial charge in [0.2, 0.25) is 0 Å². The van der Waals surface area contributed by atoms with Crippen LogP contribution in [0.3, 0.4) is 0 Å². The van der Waals surface area contributed by atoms with Gasteiger partial charge < -0.3 is 5.32 Å². The highest BCUT2D eigenvalue weighted by Crippen LogP contribution is 2.18. The molecule has 0 aliphatic rings. The van der Waals surface area contributed by atoms with Crippen molar-refractivity contribution in [3.8, 4) is 0 Å². The van der Waals surface area contributed by atoms with Crippen molar-refractivity contribution in [1.29, 1.82) is 0 Å². The zero-order valence-electron chi connectivity index (χ0n) is 9.26. The van der Waals surface area contributed by atoms with Crippen molar-refractivity contribution in [1.82, 2.24) is 15.3 Å². The Kier molecular flexibility index (Phi) is 4.02. The van der Waals surface area contributed by atoms with Crippen molar-refractivity contribution in [3.05, 3.63) is 46.7 Å². The predicted molar refractivity (Wildman–Crippen MR) is 66.5 cm³/mol. The number of hydrogen-bond acceptors (Lipinski definition) is 4. The number of aromatic nitrogens is 2. The summed E-state index contributed by atoms with van der Waals surface area (Å²) >= 11 is 1.70. The van der Waals surface area contributed by atoms with E-state index in [1.807, 2.05) is 23.8 Å². The average Bonchev–Trinajstić information content (AvgIpc) is 2.83. The summed E-state index contributed by atoms with van der Waals surface area (Å²) in [6.07, 6.45) is 6.50. The lowest BCUT2D eigenvalue weighted by Gasteiger charge is -2.16. The maximum Gasteiger partial charge on any atom is 0.0943 e. The van der Waals surface area contributed by atoms with E-state index in [2.05, 4.69) is 28.3 Å². The molecule has 16 heavy (non-hydrogen) atoms. The van der Waals surface area contributed by atoms with E-state index in [-0.39, 0.29) is 0 Å². The number of hydrogen-bond donors (Lipinski definition) is 1. The minimum absolute atomic E-state index is 0.310. The predicted octanol–water partition coefficient (Wildman–Crippen LogP) is 2.43. The first-order chi connectivity index (χ1) is 7.90. The van der Waals surface area contributed by atoms with Crippen molar-refractivity contribution >= 4 is 11.3 Å². The molecular weight excluding hydrogens is 218 g/mol. The molecular formula is C12H15N3S. The van der Waals surface area contributed by atoms with Crippen LogP contribution in [0.4, 0.5) is 0 Å². The van der Waals surface area contributed by atoms with Crippen LogP contribution in [0.25, 0.3) is 0 Å². The first-order valence-corrected chi connectivity index (χ1v) is 6.29. The average molecular weight is 233 g/mol. The third-order valence-corrected chi connectivity index (χ3v) is 3.20. The summed E-state index contributed by atoms with van der Waals surface area (Å²) in [5.41, 5.74) is 1.22. The van der Waals surface area contributed by atoms with E-state index in [0.29, 0.717) is 6.04 Å². The second kappa shape index (κ2) is 5.72. The highest BCUT2D eigenvalue weighted by molar-refractivity contribution is 7.09. The molecule has 1 N–H and O–H groups in total. The lowest BCUT2D eigenvalue weighted by atomic mass is 10.1. The van der Waals surface area contributed by atoms with Crippen LogP contribution in [-0.2, 0) is 6.42 Å². The summed E-state index contributed by atoms with van der Waals surface area (Å²) in [6.45, 7) is 3.07. The van der Waals surface area contributed by atoms with Gasteiger partial charge in [0.1, 0.15) is 0 Å². The third kappa shape index (κ3) is 2.87. The Hall–Kier alpha value is -1.26. The minimum atomic E-state index is 0.310. The number of nitrogens with one attached hydrogen (secondary N) is 1. The fourth-order valence-electron chi connectivity index (χ4n) is 1.66. The van der Waals surface area contributed by atoms with Crippen molar-refractivity contribution in [2.24, 2.45) is 0 Å². The summed E-state index contributed by atoms with van der Waals surface area (Å²) in [6, 6.07) is 4.39. The van der Waals surface area contributed by atoms with Gasteiger partial charge in [0.25, 0.3) is 0 Å². The SMILES string of the molecule is CCNC(Cc1nccs1)c1cccnc1. The topological polar surface area (TPSA) is 37.8 Å². The van der Waals surface area contributed by atoms with Crippen molar-refractivity contribution in [3.63, 3.8) is 0 Å². The number of thiazole rings is 1. The second-order valence-corrected chi connectivity index (χ2v) is 4.51. The molecule has 0 amide bonds. The van der Waals surface area contributed by atoms with Crippen LogP contribution >= 0.6 is 11.3 Å². The number of rotatable bonds is 5. The molecule has 0 fully saturated rings. The van der Waals surface area contributed by atoms with Crippen LogP contribution in [0.15, 0.2) is 36.1 Å². The molecule has 2 aromatic rings. The van der Waals surface area contributed by atoms with Crippen LogP contribution < -0.4 is 5.32 Å². The maximum atomic E-state index is 4.32. The second-order valence-electron chi connectivity index (χ2n) is 3.53. The smallest absolute Gasteiger partial charge is 0.0943 e. The van der Waals surface area contributed by atoms with Crippen LogP contribution in [0.2, 0.25) is 0 Å². The van der Waals surface area contributed by atoms with E-state index < -0.39 is 0 Å². The Bertz CT molecular complexity index is 399. The van der Waals surface area contributed by atoms with Gasteiger partial charge in [-0.3, -0.25) is 4.98 Å². The van der Waals surface area contributed by atoms with E-state index >= 15 is 0 Å². The van der Waals surface area contributed by atoms with Crippen molar-refractivity contribution in [2.75, 3.05) is 6.54 Å². The minimum Gasteiger partial charge on any atom is -0.310 e. The highest BCUT2D eigenvalue weighted by Gasteiger charge is 2.12. The number of pyridine rings is 1. The van der Waals surface area contributed by atoms with Gasteiger partial charge in [0.15, 0.2) is 0 Å². The number of nitrogens with zero attached hydrogens (tertiary/aromatic N) is 2. The van der Waals surface area contributed by atoms with Gasteiger partial charge in [-0.05, 0) is 18.2 Å². The Morgan fingerprint density at radius 2 is 2.38 bits per heavy atom. The van der Waals surface area contributed by atoms with Gasteiger partial charge >= 0.3 is 0 Å². The monoisotopic (exact) mass is 233 g/mol. The quantitative estimate of drug-likeness (QED) is 0.862. The van der Waals surface area contributed by atoms with E-state index in [1.54, 1.807) is 17.5 Å². The van der Waals surface area contributed by atoms with Crippen LogP contribution in [0.5, 0.6) is 0 Å². The molecule has 3 nitrogen and oxygen atoms in total. The van der Waals surface area contributed by atoms with Crippen molar-refractivity contribution < 1.29 is 0 Å². The zero-order chi connectivity index (χ0) is 11.2. The van der Waals surface area contributed by atoms with Gasteiger partial charge in [-0.1, -0.05) is 13.0 Å². The lowest BCUT2D eigenvalue weighted by molar-refractivity contribution is 0.547. The summed E-state index contributed by atoms with van der Waals surface area (Å²) in [7, 11) is 0. The Balaban J connectivity index is 2.11. The largest absolute Gasteiger partial charge is 0.310 e. The van der Waals surface area contributed by atoms with Gasteiger partial charge in [-0.25, -0.2) is 4.98 Å². The van der Waals surface area contributed by atoms with Gasteiger partial charge in [-0.2, -0.15) is 0 Å². The zero-order valence-corrected chi connectivity index (χ0v) is 10.1. The molecule has 1 atom stereocenters. The molecule has 1 unspecified atom stereocenters. The fourth-order valence-corrected chi connectivity index (χ4v) is 2.33. The fraction of sp³-hybridized carbons (Fsp3) is 0.333. The van der Waals surface area contributed by atoms with Crippen LogP contribution in [0.1, 0.15) is 23.5 Å². The first kappa shape index (κ1) is 11.2. The summed E-state index contributed by atoms with van der Waals surface area (Å²) < 4.78 is 0. The standard InChI is InChI=1S/C12H15N3S/c1-2-14-11(8-12-15-6-7-16-12)10-4-3-5-13-9-10/h3-7,9,11,14H,2,8H2,1H3. The third-order valence-electron chi connectivity index (χ3n) is 2.40. The molecule has 84 valence electrons. The van der Waals surface area contributed by atoms with Crippen molar-refractivity contribution in [2.45, 2.75) is 19.4 Å². The Labute approximate surface area is 99.6 Å². The van der Waals surface area contributed by atoms with E-state index in [0.717, 1.165) is 18.0 Å². The molecule has 0 aliphatic heterocycles. The molecule has 2 heterocycles. The lowest BCUT2D eigenvalue weighted by Crippen LogP contribution is -2.22. The molecule has 2 aromatic heterocycles. The molecule has 4 heteroatoms. The van der Waals surface area contributed by atoms with Crippen LogP contribution in [0, 0.1) is 0 Å². The highest BCUT2D eigenvalue weighted by atomic mass is 32.1. The van der Waals surface area contributed by atoms with E-state index in [1.165, 1.54) is 5.56 Å². The molecule has 2 rings (SSSR count). The first-order valence-electron chi connectivity index (χ1n) is 5.42. The Morgan fingerprint density at radius 3 is 3.00 bits per heavy atom. The summed E-state index contributed by atoms with van der Waals surface area (Å²) in [5, 5.41) is 6.64. The molecule has 0 aliphatic carbocycles. The maximum absolute atomic E-state index is 4.32. The molecule has 0 saturated heterocycles. The molecule has 0 spiro atoms. The van der Waals surface area contributed by atoms with E-state index in [4.69, 9.17) is 0 Å². The summed E-state index contributed by atoms with van der Waals surface area (Å²) in [4.78, 5) is 8.48. The molecule has 0 bridgehead atoms. The van der Waals surface area contributed by atoms with Gasteiger partial charge in [0, 0.05) is 36.4 Å².